The summed E-state index contributed by atoms with van der Waals surface area (Å²) < 4.78 is 0. The topological polar surface area (TPSA) is 81.8 Å². The maximum absolute atomic E-state index is 12.7. The summed E-state index contributed by atoms with van der Waals surface area (Å²) in [6.07, 6.45) is 5.77. The zero-order chi connectivity index (χ0) is 18.7. The van der Waals surface area contributed by atoms with E-state index in [0.717, 1.165) is 51.6 Å². The minimum atomic E-state index is -0.608. The molecule has 3 fully saturated rings. The van der Waals surface area contributed by atoms with E-state index < -0.39 is 5.54 Å². The first-order valence-corrected chi connectivity index (χ1v) is 10.1. The van der Waals surface area contributed by atoms with Gasteiger partial charge in [-0.05, 0) is 38.1 Å². The highest BCUT2D eigenvalue weighted by atomic mass is 16.2. The molecule has 26 heavy (non-hydrogen) atoms. The zero-order valence-corrected chi connectivity index (χ0v) is 16.1. The summed E-state index contributed by atoms with van der Waals surface area (Å²) in [5.74, 6) is 0.522. The van der Waals surface area contributed by atoms with Crippen LogP contribution in [-0.4, -0.2) is 65.9 Å². The lowest BCUT2D eigenvalue weighted by Crippen LogP contribution is -2.46. The van der Waals surface area contributed by atoms with E-state index in [4.69, 9.17) is 0 Å². The molecule has 1 unspecified atom stereocenters. The van der Waals surface area contributed by atoms with Crippen molar-refractivity contribution in [2.45, 2.75) is 57.9 Å². The van der Waals surface area contributed by atoms with Gasteiger partial charge in [-0.2, -0.15) is 0 Å². The first-order chi connectivity index (χ1) is 12.4. The summed E-state index contributed by atoms with van der Waals surface area (Å²) in [5.41, 5.74) is -0.608. The van der Waals surface area contributed by atoms with Gasteiger partial charge in [0, 0.05) is 32.1 Å². The third kappa shape index (κ3) is 4.03. The van der Waals surface area contributed by atoms with Gasteiger partial charge in [-0.15, -0.1) is 0 Å². The van der Waals surface area contributed by atoms with Gasteiger partial charge in [0.2, 0.25) is 5.91 Å². The number of amides is 4. The molecular weight excluding hydrogens is 332 g/mol. The number of nitrogens with one attached hydrogen (secondary N) is 2. The molecular formula is C19H32N4O3. The van der Waals surface area contributed by atoms with Crippen LogP contribution in [0.4, 0.5) is 4.79 Å². The highest BCUT2D eigenvalue weighted by Crippen LogP contribution is 2.34. The number of urea groups is 1. The molecule has 0 aromatic carbocycles. The Bertz CT molecular complexity index is 557. The molecule has 146 valence electrons. The number of nitrogens with zero attached hydrogens (tertiary/aromatic N) is 2. The molecule has 3 rings (SSSR count). The Morgan fingerprint density at radius 2 is 1.96 bits per heavy atom. The summed E-state index contributed by atoms with van der Waals surface area (Å²) in [4.78, 5) is 40.4. The van der Waals surface area contributed by atoms with Gasteiger partial charge in [-0.25, -0.2) is 4.79 Å². The van der Waals surface area contributed by atoms with Crippen molar-refractivity contribution < 1.29 is 14.4 Å². The van der Waals surface area contributed by atoms with Crippen molar-refractivity contribution in [3.05, 3.63) is 0 Å². The Labute approximate surface area is 155 Å². The minimum absolute atomic E-state index is 0.0114. The van der Waals surface area contributed by atoms with Crippen LogP contribution in [0, 0.1) is 11.8 Å². The maximum atomic E-state index is 12.7. The van der Waals surface area contributed by atoms with Crippen LogP contribution in [-0.2, 0) is 9.59 Å². The molecule has 2 heterocycles. The van der Waals surface area contributed by atoms with E-state index in [1.807, 2.05) is 13.8 Å². The van der Waals surface area contributed by atoms with Gasteiger partial charge in [-0.3, -0.25) is 14.5 Å². The van der Waals surface area contributed by atoms with Crippen molar-refractivity contribution in [1.29, 1.82) is 0 Å². The van der Waals surface area contributed by atoms with Gasteiger partial charge in [0.15, 0.2) is 0 Å². The minimum Gasteiger partial charge on any atom is -0.356 e. The van der Waals surface area contributed by atoms with Crippen LogP contribution < -0.4 is 10.6 Å². The summed E-state index contributed by atoms with van der Waals surface area (Å²) in [6.45, 7) is 7.58. The first-order valence-electron chi connectivity index (χ1n) is 10.1. The number of likely N-dealkylation sites (tertiary alicyclic amines) is 1. The molecule has 0 aromatic rings. The second-order valence-electron chi connectivity index (χ2n) is 8.38. The molecule has 4 amide bonds. The zero-order valence-electron chi connectivity index (χ0n) is 16.1. The number of piperidine rings is 1. The largest absolute Gasteiger partial charge is 0.356 e. The van der Waals surface area contributed by atoms with Crippen molar-refractivity contribution in [2.75, 3.05) is 32.7 Å². The summed E-state index contributed by atoms with van der Waals surface area (Å²) >= 11 is 0. The smallest absolute Gasteiger partial charge is 0.325 e. The summed E-state index contributed by atoms with van der Waals surface area (Å²) in [5, 5.41) is 5.96. The van der Waals surface area contributed by atoms with Gasteiger partial charge in [0.1, 0.15) is 5.54 Å². The molecule has 2 saturated heterocycles. The van der Waals surface area contributed by atoms with Crippen LogP contribution in [0.2, 0.25) is 0 Å². The van der Waals surface area contributed by atoms with Gasteiger partial charge >= 0.3 is 6.03 Å². The first kappa shape index (κ1) is 19.1. The lowest BCUT2D eigenvalue weighted by Gasteiger charge is -2.33. The van der Waals surface area contributed by atoms with Crippen LogP contribution >= 0.6 is 0 Å². The predicted octanol–water partition coefficient (Wildman–Crippen LogP) is 1.34. The average molecular weight is 364 g/mol. The van der Waals surface area contributed by atoms with Crippen LogP contribution in [0.5, 0.6) is 0 Å². The van der Waals surface area contributed by atoms with Gasteiger partial charge in [0.25, 0.3) is 5.91 Å². The molecule has 0 radical (unpaired) electrons. The fraction of sp³-hybridized carbons (Fsp3) is 0.842. The highest BCUT2D eigenvalue weighted by Gasteiger charge is 2.52. The lowest BCUT2D eigenvalue weighted by molar-refractivity contribution is -0.131. The molecule has 3 aliphatic rings. The average Bonchev–Trinajstić information content (AvgIpc) is 3.17. The van der Waals surface area contributed by atoms with Crippen LogP contribution in [0.15, 0.2) is 0 Å². The van der Waals surface area contributed by atoms with Crippen molar-refractivity contribution in [1.82, 2.24) is 20.4 Å². The van der Waals surface area contributed by atoms with E-state index in [0.29, 0.717) is 25.6 Å². The Balaban J connectivity index is 1.46. The van der Waals surface area contributed by atoms with E-state index in [1.54, 1.807) is 0 Å². The third-order valence-electron chi connectivity index (χ3n) is 6.04. The fourth-order valence-electron chi connectivity index (χ4n) is 4.41. The Morgan fingerprint density at radius 1 is 1.23 bits per heavy atom. The number of imide groups is 1. The van der Waals surface area contributed by atoms with E-state index in [1.165, 1.54) is 4.90 Å². The summed E-state index contributed by atoms with van der Waals surface area (Å²) in [7, 11) is 0. The monoisotopic (exact) mass is 364 g/mol. The molecule has 2 N–H and O–H groups in total. The molecule has 1 spiro atoms. The summed E-state index contributed by atoms with van der Waals surface area (Å²) in [6, 6.07) is -0.227. The van der Waals surface area contributed by atoms with E-state index >= 15 is 0 Å². The van der Waals surface area contributed by atoms with Gasteiger partial charge in [-0.1, -0.05) is 26.7 Å². The van der Waals surface area contributed by atoms with Crippen molar-refractivity contribution >= 4 is 17.8 Å². The standard InChI is InChI=1S/C19H32N4O3/c1-14(2)16(24)20-12-15-6-5-9-22(13-15)10-11-23-17(25)19(21-18(23)26)7-3-4-8-19/h14-15H,3-13H2,1-2H3,(H,20,24)(H,21,26). The Morgan fingerprint density at radius 3 is 2.65 bits per heavy atom. The van der Waals surface area contributed by atoms with Crippen LogP contribution in [0.1, 0.15) is 52.4 Å². The number of carbonyl (C=O) groups is 3. The lowest BCUT2D eigenvalue weighted by atomic mass is 9.97. The van der Waals surface area contributed by atoms with E-state index in [-0.39, 0.29) is 23.8 Å². The number of carbonyl (C=O) groups excluding carboxylic acids is 3. The van der Waals surface area contributed by atoms with Crippen molar-refractivity contribution in [3.63, 3.8) is 0 Å². The van der Waals surface area contributed by atoms with E-state index in [9.17, 15) is 14.4 Å². The molecule has 1 aliphatic carbocycles. The number of rotatable bonds is 6. The second-order valence-corrected chi connectivity index (χ2v) is 8.38. The Kier molecular flexibility index (Phi) is 5.85. The molecule has 1 atom stereocenters. The van der Waals surface area contributed by atoms with Gasteiger partial charge < -0.3 is 15.5 Å². The highest BCUT2D eigenvalue weighted by molar-refractivity contribution is 6.07. The quantitative estimate of drug-likeness (QED) is 0.697. The molecule has 0 aromatic heterocycles. The molecule has 7 heteroatoms. The van der Waals surface area contributed by atoms with Gasteiger partial charge in [0.05, 0.1) is 0 Å². The van der Waals surface area contributed by atoms with Crippen molar-refractivity contribution in [3.8, 4) is 0 Å². The van der Waals surface area contributed by atoms with Crippen molar-refractivity contribution in [2.24, 2.45) is 11.8 Å². The molecule has 1 saturated carbocycles. The fourth-order valence-corrected chi connectivity index (χ4v) is 4.41. The van der Waals surface area contributed by atoms with Crippen LogP contribution in [0.3, 0.4) is 0 Å². The predicted molar refractivity (Wildman–Crippen MR) is 98.5 cm³/mol. The van der Waals surface area contributed by atoms with Crippen LogP contribution in [0.25, 0.3) is 0 Å². The SMILES string of the molecule is CC(C)C(=O)NCC1CCCN(CCN2C(=O)NC3(CCCC3)C2=O)C1. The normalized spacial score (nSPS) is 26.0. The second kappa shape index (κ2) is 7.94. The maximum Gasteiger partial charge on any atom is 0.325 e. The molecule has 0 bridgehead atoms. The molecule has 7 nitrogen and oxygen atoms in total. The molecule has 2 aliphatic heterocycles. The Hall–Kier alpha value is -1.63. The number of hydrogen-bond acceptors (Lipinski definition) is 4. The third-order valence-corrected chi connectivity index (χ3v) is 6.04. The van der Waals surface area contributed by atoms with E-state index in [2.05, 4.69) is 15.5 Å². The number of hydrogen-bond donors (Lipinski definition) is 2.